The Balaban J connectivity index is 1.50. The number of para-hydroxylation sites is 2. The van der Waals surface area contributed by atoms with Crippen molar-refractivity contribution in [2.45, 2.75) is 13.5 Å². The molecule has 3 aromatic carbocycles. The molecule has 5 rings (SSSR count). The number of rotatable bonds is 5. The summed E-state index contributed by atoms with van der Waals surface area (Å²) in [6.45, 7) is 2.61. The molecule has 0 fully saturated rings. The van der Waals surface area contributed by atoms with Gasteiger partial charge in [-0.25, -0.2) is 0 Å². The molecule has 1 radical (unpaired) electrons. The van der Waals surface area contributed by atoms with Crippen molar-refractivity contribution < 1.29 is 4.74 Å². The number of aryl methyl sites for hydroxylation is 2. The topological polar surface area (TPSA) is 39.9 Å². The van der Waals surface area contributed by atoms with Crippen LogP contribution in [0.5, 0.6) is 5.75 Å². The van der Waals surface area contributed by atoms with Crippen molar-refractivity contribution in [2.75, 3.05) is 0 Å². The van der Waals surface area contributed by atoms with E-state index in [1.165, 1.54) is 9.87 Å². The molecular weight excluding hydrogens is 433 g/mol. The van der Waals surface area contributed by atoms with Crippen molar-refractivity contribution >= 4 is 46.7 Å². The molecule has 2 aromatic heterocycles. The Hall–Kier alpha value is -3.10. The number of hydrogen-bond donors (Lipinski definition) is 0. The van der Waals surface area contributed by atoms with Gasteiger partial charge < -0.3 is 0 Å². The fraction of sp³-hybridized carbons (Fsp3) is 0.120. The van der Waals surface area contributed by atoms with E-state index < -0.39 is 0 Å². The summed E-state index contributed by atoms with van der Waals surface area (Å²) in [6, 6.07) is 26.9. The number of benzene rings is 3. The third-order valence-corrected chi connectivity index (χ3v) is 7.66. The zero-order valence-electron chi connectivity index (χ0n) is 16.9. The van der Waals surface area contributed by atoms with Gasteiger partial charge in [0.15, 0.2) is 0 Å². The van der Waals surface area contributed by atoms with Crippen molar-refractivity contribution in [1.82, 2.24) is 14.5 Å². The summed E-state index contributed by atoms with van der Waals surface area (Å²) in [7, 11) is 2.10. The summed E-state index contributed by atoms with van der Waals surface area (Å²) in [4.78, 5) is 9.63. The third-order valence-electron chi connectivity index (χ3n) is 5.12. The third kappa shape index (κ3) is 3.71. The molecule has 0 saturated carbocycles. The fourth-order valence-corrected chi connectivity index (χ4v) is 6.06. The molecule has 0 unspecified atom stereocenters. The number of ether oxygens (including phenoxy) is 1. The molecule has 0 bridgehead atoms. The fourth-order valence-electron chi connectivity index (χ4n) is 3.58. The van der Waals surface area contributed by atoms with E-state index in [2.05, 4.69) is 67.1 Å². The molecule has 0 aliphatic rings. The van der Waals surface area contributed by atoms with Gasteiger partial charge in [-0.15, -0.1) is 0 Å². The van der Waals surface area contributed by atoms with E-state index in [0.717, 1.165) is 38.0 Å². The van der Waals surface area contributed by atoms with Crippen LogP contribution in [0.4, 0.5) is 0 Å². The first kappa shape index (κ1) is 18.9. The van der Waals surface area contributed by atoms with E-state index in [1.54, 1.807) is 0 Å². The van der Waals surface area contributed by atoms with Gasteiger partial charge in [0.1, 0.15) is 0 Å². The van der Waals surface area contributed by atoms with Crippen molar-refractivity contribution in [3.05, 3.63) is 90.1 Å². The van der Waals surface area contributed by atoms with Crippen LogP contribution in [0.3, 0.4) is 0 Å². The van der Waals surface area contributed by atoms with Gasteiger partial charge in [-0.3, -0.25) is 0 Å². The summed E-state index contributed by atoms with van der Waals surface area (Å²) in [5, 5.41) is 1.15. The van der Waals surface area contributed by atoms with Gasteiger partial charge in [0.05, 0.1) is 0 Å². The Bertz CT molecular complexity index is 1350. The van der Waals surface area contributed by atoms with Crippen LogP contribution < -0.4 is 13.7 Å². The Kier molecular flexibility index (Phi) is 5.02. The molecule has 2 heterocycles. The molecule has 0 amide bonds. The Morgan fingerprint density at radius 3 is 2.50 bits per heavy atom. The average molecular weight is 454 g/mol. The maximum atomic E-state index is 6.07. The quantitative estimate of drug-likeness (QED) is 0.381. The average Bonchev–Trinajstić information content (AvgIpc) is 3.08. The van der Waals surface area contributed by atoms with Gasteiger partial charge >= 0.3 is 182 Å². The summed E-state index contributed by atoms with van der Waals surface area (Å²) in [5.74, 6) is 0.865. The van der Waals surface area contributed by atoms with Crippen LogP contribution in [0.25, 0.3) is 21.9 Å². The zero-order chi connectivity index (χ0) is 20.5. The molecule has 0 N–H and O–H groups in total. The SMILES string of the molecule is Cc1cc([As]c2nc3ccccc3n2C)c2cc(OCc3ccccc3)ccc2n1. The Morgan fingerprint density at radius 1 is 0.867 bits per heavy atom. The normalized spacial score (nSPS) is 11.7. The van der Waals surface area contributed by atoms with Gasteiger partial charge in [-0.05, 0) is 0 Å². The molecular formula is C25H21AsN3O. The first-order chi connectivity index (χ1) is 14.7. The monoisotopic (exact) mass is 454 g/mol. The number of imidazole rings is 1. The summed E-state index contributed by atoms with van der Waals surface area (Å²) >= 11 is -0.292. The van der Waals surface area contributed by atoms with Crippen LogP contribution in [-0.2, 0) is 13.7 Å². The molecule has 147 valence electrons. The molecule has 0 saturated heterocycles. The molecule has 0 aliphatic carbocycles. The molecule has 4 nitrogen and oxygen atoms in total. The van der Waals surface area contributed by atoms with Crippen LogP contribution in [0, 0.1) is 6.92 Å². The number of nitrogens with zero attached hydrogens (tertiary/aromatic N) is 3. The van der Waals surface area contributed by atoms with Gasteiger partial charge in [0.25, 0.3) is 0 Å². The van der Waals surface area contributed by atoms with E-state index in [1.807, 2.05) is 30.3 Å². The van der Waals surface area contributed by atoms with Gasteiger partial charge in [0, 0.05) is 0 Å². The second-order valence-electron chi connectivity index (χ2n) is 7.31. The Morgan fingerprint density at radius 2 is 1.67 bits per heavy atom. The standard InChI is InChI=1S/C25H21AsN3O/c1-17-14-21(26-25-28-23-10-6-7-11-24(23)29(25)2)20-15-19(12-13-22(20)27-17)30-16-18-8-4-3-5-9-18/h3-15H,16H2,1-2H3. The van der Waals surface area contributed by atoms with Crippen LogP contribution in [-0.4, -0.2) is 30.3 Å². The molecule has 5 aromatic rings. The molecule has 0 spiro atoms. The number of fused-ring (bicyclic) bond motifs is 2. The van der Waals surface area contributed by atoms with Gasteiger partial charge in [0.2, 0.25) is 0 Å². The number of hydrogen-bond acceptors (Lipinski definition) is 3. The van der Waals surface area contributed by atoms with Crippen molar-refractivity contribution in [2.24, 2.45) is 7.05 Å². The second kappa shape index (κ2) is 7.96. The molecule has 30 heavy (non-hydrogen) atoms. The van der Waals surface area contributed by atoms with Gasteiger partial charge in [-0.2, -0.15) is 0 Å². The van der Waals surface area contributed by atoms with E-state index >= 15 is 0 Å². The summed E-state index contributed by atoms with van der Waals surface area (Å²) in [5.41, 5.74) is 5.42. The predicted molar refractivity (Wildman–Crippen MR) is 123 cm³/mol. The predicted octanol–water partition coefficient (Wildman–Crippen LogP) is 3.66. The molecule has 0 aliphatic heterocycles. The number of aromatic nitrogens is 3. The molecule has 0 atom stereocenters. The van der Waals surface area contributed by atoms with Crippen molar-refractivity contribution in [3.63, 3.8) is 0 Å². The van der Waals surface area contributed by atoms with E-state index in [9.17, 15) is 0 Å². The minimum absolute atomic E-state index is 0.292. The minimum atomic E-state index is -0.292. The van der Waals surface area contributed by atoms with Crippen LogP contribution in [0.1, 0.15) is 11.3 Å². The van der Waals surface area contributed by atoms with Crippen molar-refractivity contribution in [1.29, 1.82) is 0 Å². The van der Waals surface area contributed by atoms with Crippen molar-refractivity contribution in [3.8, 4) is 5.75 Å². The number of pyridine rings is 1. The van der Waals surface area contributed by atoms with Crippen LogP contribution in [0.2, 0.25) is 0 Å². The van der Waals surface area contributed by atoms with E-state index in [-0.39, 0.29) is 15.8 Å². The maximum absolute atomic E-state index is 6.07. The summed E-state index contributed by atoms with van der Waals surface area (Å²) < 4.78 is 10.7. The first-order valence-electron chi connectivity index (χ1n) is 9.89. The van der Waals surface area contributed by atoms with E-state index in [4.69, 9.17) is 14.7 Å². The zero-order valence-corrected chi connectivity index (χ0v) is 18.8. The second-order valence-corrected chi connectivity index (χ2v) is 9.63. The van der Waals surface area contributed by atoms with Crippen LogP contribution in [0.15, 0.2) is 78.9 Å². The summed E-state index contributed by atoms with van der Waals surface area (Å²) in [6.07, 6.45) is 0. The first-order valence-corrected chi connectivity index (χ1v) is 11.8. The Labute approximate surface area is 182 Å². The van der Waals surface area contributed by atoms with E-state index in [0.29, 0.717) is 6.61 Å². The van der Waals surface area contributed by atoms with Gasteiger partial charge in [-0.1, -0.05) is 0 Å². The van der Waals surface area contributed by atoms with Crippen LogP contribution >= 0.6 is 0 Å². The molecule has 5 heteroatoms.